The van der Waals surface area contributed by atoms with Gasteiger partial charge in [0.05, 0.1) is 28.2 Å². The van der Waals surface area contributed by atoms with Gasteiger partial charge in [-0.15, -0.1) is 6.42 Å². The molecule has 8 heteroatoms. The molecule has 4 rings (SSSR count). The molecule has 1 amide bonds. The predicted octanol–water partition coefficient (Wildman–Crippen LogP) is 3.39. The van der Waals surface area contributed by atoms with E-state index in [1.165, 1.54) is 18.2 Å². The zero-order chi connectivity index (χ0) is 21.8. The Hall–Kier alpha value is -3.93. The number of amides is 1. The highest BCUT2D eigenvalue weighted by atomic mass is 32.2. The molecular formula is C23H18N4O3S. The number of hydrogen-bond acceptors (Lipinski definition) is 4. The van der Waals surface area contributed by atoms with Crippen molar-refractivity contribution in [1.29, 1.82) is 0 Å². The number of fused-ring (bicyclic) bond motifs is 1. The summed E-state index contributed by atoms with van der Waals surface area (Å²) in [4.78, 5) is 20.7. The Kier molecular flexibility index (Phi) is 5.54. The number of anilines is 1. The number of H-pyrrole nitrogens is 1. The number of para-hydroxylation sites is 3. The molecule has 0 aliphatic heterocycles. The first-order chi connectivity index (χ1) is 15.0. The number of aromatic amines is 1. The van der Waals surface area contributed by atoms with Crippen LogP contribution in [0.2, 0.25) is 0 Å². The number of nitrogens with zero attached hydrogens (tertiary/aromatic N) is 1. The highest BCUT2D eigenvalue weighted by molar-refractivity contribution is 7.89. The van der Waals surface area contributed by atoms with E-state index >= 15 is 0 Å². The number of nitrogens with one attached hydrogen (secondary N) is 3. The average Bonchev–Trinajstić information content (AvgIpc) is 3.22. The minimum Gasteiger partial charge on any atom is -0.338 e. The van der Waals surface area contributed by atoms with Crippen LogP contribution in [0.5, 0.6) is 0 Å². The average molecular weight is 430 g/mol. The van der Waals surface area contributed by atoms with Gasteiger partial charge < -0.3 is 10.3 Å². The first kappa shape index (κ1) is 20.3. The maximum Gasteiger partial charge on any atom is 0.255 e. The topological polar surface area (TPSA) is 104 Å². The summed E-state index contributed by atoms with van der Waals surface area (Å²) in [6.07, 6.45) is 5.12. The second-order valence-electron chi connectivity index (χ2n) is 6.66. The minimum absolute atomic E-state index is 0.0408. The number of terminal acetylenes is 1. The van der Waals surface area contributed by atoms with Crippen molar-refractivity contribution in [2.24, 2.45) is 0 Å². The summed E-state index contributed by atoms with van der Waals surface area (Å²) in [6, 6.07) is 20.6. The number of rotatable bonds is 6. The lowest BCUT2D eigenvalue weighted by molar-refractivity contribution is 0.102. The molecule has 0 spiro atoms. The van der Waals surface area contributed by atoms with Gasteiger partial charge in [0, 0.05) is 11.1 Å². The number of carbonyl (C=O) groups excluding carboxylic acids is 1. The van der Waals surface area contributed by atoms with Crippen LogP contribution in [0, 0.1) is 12.3 Å². The Labute approximate surface area is 179 Å². The molecular weight excluding hydrogens is 412 g/mol. The number of hydrogen-bond donors (Lipinski definition) is 3. The number of sulfonamides is 1. The van der Waals surface area contributed by atoms with Crippen molar-refractivity contribution >= 4 is 32.7 Å². The Morgan fingerprint density at radius 2 is 1.81 bits per heavy atom. The van der Waals surface area contributed by atoms with Gasteiger partial charge in [0.1, 0.15) is 5.82 Å². The van der Waals surface area contributed by atoms with Gasteiger partial charge in [-0.1, -0.05) is 36.3 Å². The molecule has 7 nitrogen and oxygen atoms in total. The van der Waals surface area contributed by atoms with Crippen molar-refractivity contribution in [3.8, 4) is 23.7 Å². The van der Waals surface area contributed by atoms with Gasteiger partial charge in [-0.05, 0) is 42.5 Å². The van der Waals surface area contributed by atoms with Crippen LogP contribution in [-0.2, 0) is 10.0 Å². The molecule has 0 atom stereocenters. The van der Waals surface area contributed by atoms with Gasteiger partial charge in [-0.3, -0.25) is 4.79 Å². The summed E-state index contributed by atoms with van der Waals surface area (Å²) in [5, 5.41) is 2.84. The molecule has 4 aromatic rings. The van der Waals surface area contributed by atoms with E-state index in [4.69, 9.17) is 6.42 Å². The van der Waals surface area contributed by atoms with Crippen molar-refractivity contribution in [3.63, 3.8) is 0 Å². The molecule has 31 heavy (non-hydrogen) atoms. The standard InChI is InChI=1S/C23H18N4O3S/c1-2-14-24-31(29,30)17-9-7-8-16(15-17)23(28)27-19-11-4-3-10-18(19)22-25-20-12-5-6-13-21(20)26-22/h1,3-13,15,24H,14H2,(H,25,26)(H,27,28). The van der Waals surface area contributed by atoms with Crippen molar-refractivity contribution < 1.29 is 13.2 Å². The Morgan fingerprint density at radius 3 is 2.61 bits per heavy atom. The highest BCUT2D eigenvalue weighted by Crippen LogP contribution is 2.28. The van der Waals surface area contributed by atoms with Gasteiger partial charge >= 0.3 is 0 Å². The molecule has 154 valence electrons. The number of aromatic nitrogens is 2. The Morgan fingerprint density at radius 1 is 1.03 bits per heavy atom. The van der Waals surface area contributed by atoms with Crippen LogP contribution in [-0.4, -0.2) is 30.8 Å². The van der Waals surface area contributed by atoms with Crippen LogP contribution in [0.15, 0.2) is 77.7 Å². The van der Waals surface area contributed by atoms with Gasteiger partial charge in [-0.2, -0.15) is 4.72 Å². The summed E-state index contributed by atoms with van der Waals surface area (Å²) in [5.74, 6) is 2.39. The van der Waals surface area contributed by atoms with Crippen molar-refractivity contribution in [1.82, 2.24) is 14.7 Å². The molecule has 3 N–H and O–H groups in total. The summed E-state index contributed by atoms with van der Waals surface area (Å²) < 4.78 is 26.9. The summed E-state index contributed by atoms with van der Waals surface area (Å²) >= 11 is 0. The van der Waals surface area contributed by atoms with Gasteiger partial charge in [0.15, 0.2) is 0 Å². The summed E-state index contributed by atoms with van der Waals surface area (Å²) in [5.41, 5.74) is 3.16. The van der Waals surface area contributed by atoms with E-state index in [9.17, 15) is 13.2 Å². The molecule has 0 radical (unpaired) electrons. The third-order valence-electron chi connectivity index (χ3n) is 4.59. The molecule has 0 aliphatic carbocycles. The Balaban J connectivity index is 1.63. The lowest BCUT2D eigenvalue weighted by atomic mass is 10.1. The van der Waals surface area contributed by atoms with Gasteiger partial charge in [-0.25, -0.2) is 13.4 Å². The van der Waals surface area contributed by atoms with E-state index in [1.54, 1.807) is 18.2 Å². The minimum atomic E-state index is -3.80. The third kappa shape index (κ3) is 4.33. The van der Waals surface area contributed by atoms with E-state index in [0.29, 0.717) is 17.1 Å². The van der Waals surface area contributed by atoms with Crippen molar-refractivity contribution in [3.05, 3.63) is 78.4 Å². The first-order valence-corrected chi connectivity index (χ1v) is 10.8. The number of imidazole rings is 1. The summed E-state index contributed by atoms with van der Waals surface area (Å²) in [7, 11) is -3.80. The van der Waals surface area contributed by atoms with Crippen molar-refractivity contribution in [2.75, 3.05) is 11.9 Å². The molecule has 0 saturated carbocycles. The normalized spacial score (nSPS) is 11.2. The fourth-order valence-corrected chi connectivity index (χ4v) is 4.08. The zero-order valence-corrected chi connectivity index (χ0v) is 17.1. The van der Waals surface area contributed by atoms with E-state index in [-0.39, 0.29) is 17.0 Å². The van der Waals surface area contributed by atoms with E-state index in [1.807, 2.05) is 36.4 Å². The largest absolute Gasteiger partial charge is 0.338 e. The lowest BCUT2D eigenvalue weighted by Gasteiger charge is -2.11. The molecule has 0 aliphatic rings. The molecule has 1 heterocycles. The van der Waals surface area contributed by atoms with Crippen LogP contribution in [0.4, 0.5) is 5.69 Å². The van der Waals surface area contributed by atoms with Gasteiger partial charge in [0.25, 0.3) is 5.91 Å². The zero-order valence-electron chi connectivity index (χ0n) is 16.3. The smallest absolute Gasteiger partial charge is 0.255 e. The molecule has 0 saturated heterocycles. The van der Waals surface area contributed by atoms with Crippen LogP contribution < -0.4 is 10.0 Å². The maximum absolute atomic E-state index is 12.9. The lowest BCUT2D eigenvalue weighted by Crippen LogP contribution is -2.24. The van der Waals surface area contributed by atoms with E-state index in [0.717, 1.165) is 11.0 Å². The van der Waals surface area contributed by atoms with Crippen LogP contribution in [0.1, 0.15) is 10.4 Å². The van der Waals surface area contributed by atoms with E-state index < -0.39 is 15.9 Å². The monoisotopic (exact) mass is 430 g/mol. The second-order valence-corrected chi connectivity index (χ2v) is 8.43. The van der Waals surface area contributed by atoms with Crippen LogP contribution in [0.25, 0.3) is 22.4 Å². The molecule has 0 bridgehead atoms. The number of carbonyl (C=O) groups is 1. The van der Waals surface area contributed by atoms with Gasteiger partial charge in [0.2, 0.25) is 10.0 Å². The fourth-order valence-electron chi connectivity index (χ4n) is 3.10. The second kappa shape index (κ2) is 8.44. The maximum atomic E-state index is 12.9. The molecule has 0 unspecified atom stereocenters. The van der Waals surface area contributed by atoms with E-state index in [2.05, 4.69) is 25.9 Å². The molecule has 1 aromatic heterocycles. The van der Waals surface area contributed by atoms with Crippen molar-refractivity contribution in [2.45, 2.75) is 4.90 Å². The first-order valence-electron chi connectivity index (χ1n) is 9.36. The Bertz CT molecular complexity index is 1390. The molecule has 3 aromatic carbocycles. The molecule has 0 fully saturated rings. The predicted molar refractivity (Wildman–Crippen MR) is 120 cm³/mol. The fraction of sp³-hybridized carbons (Fsp3) is 0.0435. The van der Waals surface area contributed by atoms with Crippen LogP contribution >= 0.6 is 0 Å². The quantitative estimate of drug-likeness (QED) is 0.408. The van der Waals surface area contributed by atoms with Crippen LogP contribution in [0.3, 0.4) is 0 Å². The highest BCUT2D eigenvalue weighted by Gasteiger charge is 2.17. The summed E-state index contributed by atoms with van der Waals surface area (Å²) in [6.45, 7) is -0.135. The SMILES string of the molecule is C#CCNS(=O)(=O)c1cccc(C(=O)Nc2ccccc2-c2nc3ccccc3[nH]2)c1. The third-order valence-corrected chi connectivity index (χ3v) is 5.99. The number of benzene rings is 3.